The van der Waals surface area contributed by atoms with E-state index < -0.39 is 4.92 Å². The smallest absolute Gasteiger partial charge is 0.312 e. The Morgan fingerprint density at radius 3 is 2.55 bits per heavy atom. The van der Waals surface area contributed by atoms with Crippen molar-refractivity contribution < 1.29 is 9.66 Å². The highest BCUT2D eigenvalue weighted by atomic mass is 79.9. The number of fused-ring (bicyclic) bond motifs is 1. The standard InChI is InChI=1S/C23H24Br2N4O4/c1-13(2)21-27-18-7-6-15(24)10-16(18)22(30)28(21)26-11-14-8-17(25)20(19(9-14)29(31)32)33-12-23(3,4)5/h6-11,13H,12H2,1-5H3. The maximum Gasteiger partial charge on any atom is 0.312 e. The van der Waals surface area contributed by atoms with Gasteiger partial charge in [-0.25, -0.2) is 4.98 Å². The summed E-state index contributed by atoms with van der Waals surface area (Å²) >= 11 is 6.76. The van der Waals surface area contributed by atoms with E-state index in [1.807, 2.05) is 40.7 Å². The molecule has 0 aliphatic heterocycles. The van der Waals surface area contributed by atoms with Crippen LogP contribution in [-0.2, 0) is 0 Å². The van der Waals surface area contributed by atoms with Gasteiger partial charge in [0.25, 0.3) is 5.56 Å². The fourth-order valence-corrected chi connectivity index (χ4v) is 3.96. The van der Waals surface area contributed by atoms with E-state index in [9.17, 15) is 14.9 Å². The second-order valence-corrected chi connectivity index (χ2v) is 10.9. The minimum Gasteiger partial charge on any atom is -0.485 e. The fraction of sp³-hybridized carbons (Fsp3) is 0.348. The highest BCUT2D eigenvalue weighted by Crippen LogP contribution is 2.37. The van der Waals surface area contributed by atoms with E-state index >= 15 is 0 Å². The SMILES string of the molecule is CC(C)c1nc2ccc(Br)cc2c(=O)n1N=Cc1cc(Br)c(OCC(C)(C)C)c([N+](=O)[O-])c1. The first-order valence-corrected chi connectivity index (χ1v) is 11.8. The van der Waals surface area contributed by atoms with Crippen molar-refractivity contribution in [1.82, 2.24) is 9.66 Å². The molecule has 0 N–H and O–H groups in total. The van der Waals surface area contributed by atoms with Crippen LogP contribution in [0.15, 0.2) is 49.2 Å². The molecule has 3 rings (SSSR count). The second-order valence-electron chi connectivity index (χ2n) is 9.11. The quantitative estimate of drug-likeness (QED) is 0.195. The molecule has 0 atom stereocenters. The van der Waals surface area contributed by atoms with Gasteiger partial charge in [-0.05, 0) is 45.6 Å². The zero-order chi connectivity index (χ0) is 24.5. The molecular formula is C23H24Br2N4O4. The van der Waals surface area contributed by atoms with Crippen molar-refractivity contribution >= 4 is 54.7 Å². The Balaban J connectivity index is 2.09. The van der Waals surface area contributed by atoms with Gasteiger partial charge in [0.2, 0.25) is 5.75 Å². The van der Waals surface area contributed by atoms with Gasteiger partial charge in [-0.1, -0.05) is 50.5 Å². The number of halogens is 2. The maximum atomic E-state index is 13.2. The summed E-state index contributed by atoms with van der Waals surface area (Å²) in [4.78, 5) is 29.0. The summed E-state index contributed by atoms with van der Waals surface area (Å²) in [7, 11) is 0. The van der Waals surface area contributed by atoms with E-state index in [0.29, 0.717) is 33.4 Å². The van der Waals surface area contributed by atoms with E-state index in [4.69, 9.17) is 4.74 Å². The van der Waals surface area contributed by atoms with Crippen LogP contribution in [0.3, 0.4) is 0 Å². The van der Waals surface area contributed by atoms with Crippen LogP contribution in [0.1, 0.15) is 51.9 Å². The Labute approximate surface area is 208 Å². The lowest BCUT2D eigenvalue weighted by Crippen LogP contribution is -2.23. The number of ether oxygens (including phenoxy) is 1. The molecule has 8 nitrogen and oxygen atoms in total. The summed E-state index contributed by atoms with van der Waals surface area (Å²) in [6.07, 6.45) is 1.41. The molecule has 0 radical (unpaired) electrons. The van der Waals surface area contributed by atoms with Crippen LogP contribution in [0.2, 0.25) is 0 Å². The van der Waals surface area contributed by atoms with Gasteiger partial charge < -0.3 is 4.74 Å². The molecule has 33 heavy (non-hydrogen) atoms. The van der Waals surface area contributed by atoms with Crippen LogP contribution in [0.5, 0.6) is 5.75 Å². The Kier molecular flexibility index (Phi) is 7.38. The average molecular weight is 580 g/mol. The molecule has 2 aromatic carbocycles. The van der Waals surface area contributed by atoms with Crippen molar-refractivity contribution in [2.45, 2.75) is 40.5 Å². The van der Waals surface area contributed by atoms with Gasteiger partial charge in [-0.2, -0.15) is 9.78 Å². The lowest BCUT2D eigenvalue weighted by atomic mass is 9.99. The number of nitrogens with zero attached hydrogens (tertiary/aromatic N) is 4. The molecule has 0 bridgehead atoms. The van der Waals surface area contributed by atoms with E-state index in [-0.39, 0.29) is 28.3 Å². The number of nitro groups is 1. The van der Waals surface area contributed by atoms with Gasteiger partial charge in [0.1, 0.15) is 5.82 Å². The maximum absolute atomic E-state index is 13.2. The summed E-state index contributed by atoms with van der Waals surface area (Å²) in [5.41, 5.74) is 0.344. The van der Waals surface area contributed by atoms with E-state index in [1.165, 1.54) is 17.0 Å². The first-order chi connectivity index (χ1) is 15.4. The van der Waals surface area contributed by atoms with Crippen molar-refractivity contribution in [2.24, 2.45) is 10.5 Å². The monoisotopic (exact) mass is 578 g/mol. The first-order valence-electron chi connectivity index (χ1n) is 10.2. The summed E-state index contributed by atoms with van der Waals surface area (Å²) in [6, 6.07) is 8.34. The number of aromatic nitrogens is 2. The normalized spacial score (nSPS) is 12.1. The Morgan fingerprint density at radius 2 is 1.94 bits per heavy atom. The molecule has 0 spiro atoms. The second kappa shape index (κ2) is 9.72. The zero-order valence-corrected chi connectivity index (χ0v) is 22.1. The van der Waals surface area contributed by atoms with Gasteiger partial charge in [0.05, 0.1) is 33.1 Å². The molecular weight excluding hydrogens is 556 g/mol. The first kappa shape index (κ1) is 25.0. The van der Waals surface area contributed by atoms with Crippen LogP contribution in [-0.4, -0.2) is 27.4 Å². The molecule has 10 heteroatoms. The minimum absolute atomic E-state index is 0.0721. The molecule has 0 aliphatic rings. The van der Waals surface area contributed by atoms with Crippen molar-refractivity contribution in [3.63, 3.8) is 0 Å². The van der Waals surface area contributed by atoms with Gasteiger partial charge in [-0.3, -0.25) is 14.9 Å². The average Bonchev–Trinajstić information content (AvgIpc) is 2.71. The highest BCUT2D eigenvalue weighted by Gasteiger charge is 2.22. The minimum atomic E-state index is -0.499. The van der Waals surface area contributed by atoms with Crippen LogP contribution in [0.25, 0.3) is 10.9 Å². The third-order valence-electron chi connectivity index (χ3n) is 4.56. The topological polar surface area (TPSA) is 99.6 Å². The number of benzene rings is 2. The van der Waals surface area contributed by atoms with E-state index in [0.717, 1.165) is 4.47 Å². The van der Waals surface area contributed by atoms with Gasteiger partial charge in [0.15, 0.2) is 0 Å². The zero-order valence-electron chi connectivity index (χ0n) is 18.9. The summed E-state index contributed by atoms with van der Waals surface area (Å²) in [5, 5.41) is 16.5. The van der Waals surface area contributed by atoms with Gasteiger partial charge in [0, 0.05) is 22.0 Å². The molecule has 0 amide bonds. The summed E-state index contributed by atoms with van der Waals surface area (Å²) in [6.45, 7) is 10.1. The molecule has 3 aromatic rings. The Bertz CT molecular complexity index is 1310. The molecule has 0 aliphatic carbocycles. The van der Waals surface area contributed by atoms with Crippen LogP contribution in [0.4, 0.5) is 5.69 Å². The van der Waals surface area contributed by atoms with Crippen molar-refractivity contribution in [1.29, 1.82) is 0 Å². The molecule has 1 aromatic heterocycles. The summed E-state index contributed by atoms with van der Waals surface area (Å²) < 4.78 is 8.16. The van der Waals surface area contributed by atoms with Gasteiger partial charge >= 0.3 is 5.69 Å². The highest BCUT2D eigenvalue weighted by molar-refractivity contribution is 9.10. The number of hydrogen-bond donors (Lipinski definition) is 0. The molecule has 0 unspecified atom stereocenters. The van der Waals surface area contributed by atoms with Crippen LogP contribution >= 0.6 is 31.9 Å². The van der Waals surface area contributed by atoms with Crippen molar-refractivity contribution in [3.05, 3.63) is 71.1 Å². The fourth-order valence-electron chi connectivity index (χ4n) is 3.02. The number of nitro benzene ring substituents is 1. The molecule has 1 heterocycles. The van der Waals surface area contributed by atoms with Crippen molar-refractivity contribution in [2.75, 3.05) is 6.61 Å². The third-order valence-corrected chi connectivity index (χ3v) is 5.65. The Hall–Kier alpha value is -2.59. The predicted molar refractivity (Wildman–Crippen MR) is 137 cm³/mol. The predicted octanol–water partition coefficient (Wildman–Crippen LogP) is 6.26. The summed E-state index contributed by atoms with van der Waals surface area (Å²) in [5.74, 6) is 0.575. The largest absolute Gasteiger partial charge is 0.485 e. The van der Waals surface area contributed by atoms with E-state index in [2.05, 4.69) is 41.9 Å². The molecule has 174 valence electrons. The Morgan fingerprint density at radius 1 is 1.24 bits per heavy atom. The third kappa shape index (κ3) is 5.86. The number of rotatable bonds is 6. The number of hydrogen-bond acceptors (Lipinski definition) is 6. The van der Waals surface area contributed by atoms with Crippen LogP contribution < -0.4 is 10.3 Å². The lowest BCUT2D eigenvalue weighted by molar-refractivity contribution is -0.386. The van der Waals surface area contributed by atoms with E-state index in [1.54, 1.807) is 18.2 Å². The van der Waals surface area contributed by atoms with Crippen LogP contribution in [0, 0.1) is 15.5 Å². The van der Waals surface area contributed by atoms with Crippen molar-refractivity contribution in [3.8, 4) is 5.75 Å². The van der Waals surface area contributed by atoms with Gasteiger partial charge in [-0.15, -0.1) is 0 Å². The molecule has 0 saturated carbocycles. The molecule has 0 saturated heterocycles. The molecule has 0 fully saturated rings. The lowest BCUT2D eigenvalue weighted by Gasteiger charge is -2.19.